The number of carbonyl (C=O) groups excluding carboxylic acids is 2. The lowest BCUT2D eigenvalue weighted by molar-refractivity contribution is -0.127. The number of benzene rings is 1. The first-order valence-corrected chi connectivity index (χ1v) is 8.67. The first-order chi connectivity index (χ1) is 12.7. The number of para-hydroxylation sites is 1. The zero-order chi connectivity index (χ0) is 18.8. The standard InChI is InChI=1S/C19H24N4O3/c1-26-17-7-3-2-6-15(17)13-21-14-16(12-20)19(25)22-9-5-11-23-10-4-8-18(23)24/h2-3,6-7,14,21H,4-5,8-11,13H2,1H3,(H,22,25)/b16-14-. The van der Waals surface area contributed by atoms with Crippen LogP contribution in [0.15, 0.2) is 36.0 Å². The highest BCUT2D eigenvalue weighted by Gasteiger charge is 2.19. The number of nitriles is 1. The van der Waals surface area contributed by atoms with Gasteiger partial charge in [-0.25, -0.2) is 0 Å². The highest BCUT2D eigenvalue weighted by molar-refractivity contribution is 5.97. The largest absolute Gasteiger partial charge is 0.496 e. The van der Waals surface area contributed by atoms with Gasteiger partial charge in [-0.3, -0.25) is 9.59 Å². The molecule has 0 aliphatic carbocycles. The number of nitrogens with zero attached hydrogens (tertiary/aromatic N) is 2. The van der Waals surface area contributed by atoms with E-state index >= 15 is 0 Å². The number of nitrogens with one attached hydrogen (secondary N) is 2. The fraction of sp³-hybridized carbons (Fsp3) is 0.421. The summed E-state index contributed by atoms with van der Waals surface area (Å²) < 4.78 is 5.26. The predicted octanol–water partition coefficient (Wildman–Crippen LogP) is 1.32. The Morgan fingerprint density at radius 2 is 2.23 bits per heavy atom. The summed E-state index contributed by atoms with van der Waals surface area (Å²) in [5, 5.41) is 14.8. The Labute approximate surface area is 153 Å². The van der Waals surface area contributed by atoms with Gasteiger partial charge in [0.25, 0.3) is 5.91 Å². The van der Waals surface area contributed by atoms with E-state index in [0.29, 0.717) is 32.5 Å². The molecule has 0 unspecified atom stereocenters. The summed E-state index contributed by atoms with van der Waals surface area (Å²) in [6.07, 6.45) is 3.60. The molecule has 0 aromatic heterocycles. The van der Waals surface area contributed by atoms with Crippen molar-refractivity contribution in [1.82, 2.24) is 15.5 Å². The molecule has 0 spiro atoms. The molecular weight excluding hydrogens is 332 g/mol. The summed E-state index contributed by atoms with van der Waals surface area (Å²) in [5.74, 6) is 0.495. The average molecular weight is 356 g/mol. The molecule has 0 bridgehead atoms. The number of hydrogen-bond donors (Lipinski definition) is 2. The van der Waals surface area contributed by atoms with E-state index in [-0.39, 0.29) is 11.5 Å². The number of rotatable bonds is 9. The van der Waals surface area contributed by atoms with E-state index in [2.05, 4.69) is 10.6 Å². The van der Waals surface area contributed by atoms with Crippen LogP contribution < -0.4 is 15.4 Å². The van der Waals surface area contributed by atoms with Gasteiger partial charge < -0.3 is 20.3 Å². The number of hydrogen-bond acceptors (Lipinski definition) is 5. The fourth-order valence-electron chi connectivity index (χ4n) is 2.77. The molecular formula is C19H24N4O3. The summed E-state index contributed by atoms with van der Waals surface area (Å²) >= 11 is 0. The van der Waals surface area contributed by atoms with Gasteiger partial charge in [-0.05, 0) is 18.9 Å². The lowest BCUT2D eigenvalue weighted by Gasteiger charge is -2.15. The van der Waals surface area contributed by atoms with Gasteiger partial charge in [-0.1, -0.05) is 18.2 Å². The van der Waals surface area contributed by atoms with Gasteiger partial charge in [0, 0.05) is 44.4 Å². The summed E-state index contributed by atoms with van der Waals surface area (Å²) in [7, 11) is 1.60. The Morgan fingerprint density at radius 3 is 2.92 bits per heavy atom. The minimum absolute atomic E-state index is 0.0112. The molecule has 1 aliphatic heterocycles. The minimum Gasteiger partial charge on any atom is -0.496 e. The average Bonchev–Trinajstić information content (AvgIpc) is 3.07. The van der Waals surface area contributed by atoms with Gasteiger partial charge in [0.05, 0.1) is 7.11 Å². The van der Waals surface area contributed by atoms with Crippen molar-refractivity contribution in [3.63, 3.8) is 0 Å². The van der Waals surface area contributed by atoms with Crippen LogP contribution >= 0.6 is 0 Å². The summed E-state index contributed by atoms with van der Waals surface area (Å²) in [4.78, 5) is 25.4. The zero-order valence-corrected chi connectivity index (χ0v) is 15.0. The lowest BCUT2D eigenvalue weighted by Crippen LogP contribution is -2.31. The van der Waals surface area contributed by atoms with E-state index in [9.17, 15) is 9.59 Å². The molecule has 26 heavy (non-hydrogen) atoms. The monoisotopic (exact) mass is 356 g/mol. The maximum atomic E-state index is 12.1. The maximum absolute atomic E-state index is 12.1. The van der Waals surface area contributed by atoms with Crippen LogP contribution in [0.3, 0.4) is 0 Å². The molecule has 0 saturated carbocycles. The molecule has 2 rings (SSSR count). The molecule has 138 valence electrons. The minimum atomic E-state index is -0.423. The van der Waals surface area contributed by atoms with Gasteiger partial charge in [0.1, 0.15) is 17.4 Å². The van der Waals surface area contributed by atoms with E-state index in [4.69, 9.17) is 10.00 Å². The molecule has 0 atom stereocenters. The number of likely N-dealkylation sites (tertiary alicyclic amines) is 1. The molecule has 7 nitrogen and oxygen atoms in total. The van der Waals surface area contributed by atoms with Crippen LogP contribution in [-0.2, 0) is 16.1 Å². The Hall–Kier alpha value is -3.01. The molecule has 7 heteroatoms. The second-order valence-electron chi connectivity index (χ2n) is 5.96. The highest BCUT2D eigenvalue weighted by atomic mass is 16.5. The van der Waals surface area contributed by atoms with Crippen LogP contribution in [0, 0.1) is 11.3 Å². The number of amides is 2. The predicted molar refractivity (Wildman–Crippen MR) is 97.0 cm³/mol. The van der Waals surface area contributed by atoms with Crippen molar-refractivity contribution < 1.29 is 14.3 Å². The van der Waals surface area contributed by atoms with E-state index in [1.165, 1.54) is 6.20 Å². The molecule has 1 heterocycles. The van der Waals surface area contributed by atoms with Gasteiger partial charge in [-0.15, -0.1) is 0 Å². The number of carbonyl (C=O) groups is 2. The van der Waals surface area contributed by atoms with Crippen molar-refractivity contribution in [3.05, 3.63) is 41.6 Å². The smallest absolute Gasteiger partial charge is 0.263 e. The third-order valence-corrected chi connectivity index (χ3v) is 4.16. The van der Waals surface area contributed by atoms with E-state index in [0.717, 1.165) is 24.3 Å². The van der Waals surface area contributed by atoms with Crippen molar-refractivity contribution in [2.24, 2.45) is 0 Å². The second kappa shape index (κ2) is 10.1. The SMILES string of the molecule is COc1ccccc1CN/C=C(/C#N)C(=O)NCCCN1CCCC1=O. The summed E-state index contributed by atoms with van der Waals surface area (Å²) in [6, 6.07) is 9.43. The van der Waals surface area contributed by atoms with E-state index in [1.807, 2.05) is 35.2 Å². The van der Waals surface area contributed by atoms with Crippen LogP contribution in [0.1, 0.15) is 24.8 Å². The Kier molecular flexibility index (Phi) is 7.49. The van der Waals surface area contributed by atoms with Crippen LogP contribution in [0.2, 0.25) is 0 Å². The first kappa shape index (κ1) is 19.3. The Morgan fingerprint density at radius 1 is 1.42 bits per heavy atom. The first-order valence-electron chi connectivity index (χ1n) is 8.67. The van der Waals surface area contributed by atoms with Crippen LogP contribution in [-0.4, -0.2) is 43.5 Å². The third kappa shape index (κ3) is 5.52. The molecule has 0 radical (unpaired) electrons. The van der Waals surface area contributed by atoms with Crippen LogP contribution in [0.5, 0.6) is 5.75 Å². The van der Waals surface area contributed by atoms with Gasteiger partial charge in [0.15, 0.2) is 0 Å². The quantitative estimate of drug-likeness (QED) is 0.395. The Balaban J connectivity index is 1.75. The zero-order valence-electron chi connectivity index (χ0n) is 15.0. The van der Waals surface area contributed by atoms with Crippen molar-refractivity contribution >= 4 is 11.8 Å². The van der Waals surface area contributed by atoms with Gasteiger partial charge in [-0.2, -0.15) is 5.26 Å². The second-order valence-corrected chi connectivity index (χ2v) is 5.96. The van der Waals surface area contributed by atoms with Crippen LogP contribution in [0.25, 0.3) is 0 Å². The summed E-state index contributed by atoms with van der Waals surface area (Å²) in [6.45, 7) is 2.30. The van der Waals surface area contributed by atoms with Gasteiger partial charge >= 0.3 is 0 Å². The third-order valence-electron chi connectivity index (χ3n) is 4.16. The maximum Gasteiger partial charge on any atom is 0.263 e. The van der Waals surface area contributed by atoms with E-state index in [1.54, 1.807) is 7.11 Å². The number of methoxy groups -OCH3 is 1. The molecule has 1 aliphatic rings. The highest BCUT2D eigenvalue weighted by Crippen LogP contribution is 2.16. The van der Waals surface area contributed by atoms with E-state index < -0.39 is 5.91 Å². The Bertz CT molecular complexity index is 709. The van der Waals surface area contributed by atoms with Crippen molar-refractivity contribution in [1.29, 1.82) is 5.26 Å². The van der Waals surface area contributed by atoms with Crippen molar-refractivity contribution in [3.8, 4) is 11.8 Å². The molecule has 1 aromatic rings. The molecule has 2 amide bonds. The van der Waals surface area contributed by atoms with Crippen LogP contribution in [0.4, 0.5) is 0 Å². The fourth-order valence-corrected chi connectivity index (χ4v) is 2.77. The molecule has 2 N–H and O–H groups in total. The number of ether oxygens (including phenoxy) is 1. The summed E-state index contributed by atoms with van der Waals surface area (Å²) in [5.41, 5.74) is 0.941. The lowest BCUT2D eigenvalue weighted by atomic mass is 10.2. The molecule has 1 fully saturated rings. The topological polar surface area (TPSA) is 94.5 Å². The van der Waals surface area contributed by atoms with Crippen molar-refractivity contribution in [2.75, 3.05) is 26.7 Å². The molecule has 1 saturated heterocycles. The van der Waals surface area contributed by atoms with Gasteiger partial charge in [0.2, 0.25) is 5.91 Å². The normalized spacial score (nSPS) is 14.1. The van der Waals surface area contributed by atoms with Crippen molar-refractivity contribution in [2.45, 2.75) is 25.8 Å². The molecule has 1 aromatic carbocycles.